The lowest BCUT2D eigenvalue weighted by atomic mass is 9.81. The summed E-state index contributed by atoms with van der Waals surface area (Å²) in [4.78, 5) is 6.50. The summed E-state index contributed by atoms with van der Waals surface area (Å²) < 4.78 is 0. The molecule has 2 heterocycles. The van der Waals surface area contributed by atoms with E-state index in [4.69, 9.17) is 5.73 Å². The first-order valence-electron chi connectivity index (χ1n) is 6.44. The molecule has 1 fully saturated rings. The molecule has 1 aliphatic rings. The van der Waals surface area contributed by atoms with Crippen LogP contribution in [0.4, 0.5) is 5.95 Å². The Morgan fingerprint density at radius 3 is 2.50 bits per heavy atom. The zero-order valence-electron chi connectivity index (χ0n) is 11.4. The van der Waals surface area contributed by atoms with Crippen molar-refractivity contribution in [2.24, 2.45) is 11.1 Å². The molecule has 0 atom stereocenters. The van der Waals surface area contributed by atoms with Crippen LogP contribution in [0, 0.1) is 5.41 Å². The van der Waals surface area contributed by atoms with E-state index < -0.39 is 5.60 Å². The fourth-order valence-corrected chi connectivity index (χ4v) is 2.12. The topological polar surface area (TPSA) is 91.1 Å². The molecule has 0 aliphatic carbocycles. The molecule has 18 heavy (non-hydrogen) atoms. The number of hydrogen-bond donors (Lipinski definition) is 3. The van der Waals surface area contributed by atoms with Crippen LogP contribution in [-0.2, 0) is 5.60 Å². The molecule has 0 amide bonds. The van der Waals surface area contributed by atoms with Crippen molar-refractivity contribution in [1.29, 1.82) is 0 Å². The first kappa shape index (κ1) is 13.3. The molecule has 6 heteroatoms. The number of nitrogens with one attached hydrogen (secondary N) is 1. The van der Waals surface area contributed by atoms with Gasteiger partial charge in [-0.3, -0.25) is 5.10 Å². The molecule has 0 unspecified atom stereocenters. The van der Waals surface area contributed by atoms with E-state index in [1.54, 1.807) is 13.8 Å². The number of hydrogen-bond acceptors (Lipinski definition) is 5. The van der Waals surface area contributed by atoms with Crippen LogP contribution in [0.15, 0.2) is 0 Å². The third-order valence-corrected chi connectivity index (χ3v) is 3.80. The minimum absolute atomic E-state index is 0.242. The Morgan fingerprint density at radius 1 is 1.44 bits per heavy atom. The van der Waals surface area contributed by atoms with E-state index in [2.05, 4.69) is 27.0 Å². The maximum atomic E-state index is 9.85. The number of piperidine rings is 1. The Bertz CT molecular complexity index is 401. The number of aliphatic hydroxyl groups is 1. The quantitative estimate of drug-likeness (QED) is 0.733. The normalized spacial score (nSPS) is 20.2. The van der Waals surface area contributed by atoms with Gasteiger partial charge in [0.1, 0.15) is 5.60 Å². The molecule has 1 saturated heterocycles. The molecule has 6 nitrogen and oxygen atoms in total. The fourth-order valence-electron chi connectivity index (χ4n) is 2.12. The Labute approximate surface area is 108 Å². The van der Waals surface area contributed by atoms with Crippen LogP contribution in [0.5, 0.6) is 0 Å². The van der Waals surface area contributed by atoms with Crippen molar-refractivity contribution in [2.75, 3.05) is 24.5 Å². The van der Waals surface area contributed by atoms with E-state index in [1.165, 1.54) is 0 Å². The van der Waals surface area contributed by atoms with Gasteiger partial charge >= 0.3 is 0 Å². The number of aromatic nitrogens is 3. The van der Waals surface area contributed by atoms with Crippen LogP contribution >= 0.6 is 0 Å². The summed E-state index contributed by atoms with van der Waals surface area (Å²) in [7, 11) is 0. The van der Waals surface area contributed by atoms with Crippen molar-refractivity contribution in [1.82, 2.24) is 15.2 Å². The van der Waals surface area contributed by atoms with Crippen LogP contribution in [0.3, 0.4) is 0 Å². The molecule has 0 bridgehead atoms. The number of H-pyrrole nitrogens is 1. The summed E-state index contributed by atoms with van der Waals surface area (Å²) in [6.07, 6.45) is 2.10. The van der Waals surface area contributed by atoms with E-state index in [0.29, 0.717) is 11.8 Å². The lowest BCUT2D eigenvalue weighted by Crippen LogP contribution is -2.42. The van der Waals surface area contributed by atoms with Crippen molar-refractivity contribution >= 4 is 5.95 Å². The van der Waals surface area contributed by atoms with Gasteiger partial charge in [0.2, 0.25) is 5.95 Å². The average Bonchev–Trinajstić information content (AvgIpc) is 2.79. The van der Waals surface area contributed by atoms with Gasteiger partial charge in [0.05, 0.1) is 0 Å². The minimum Gasteiger partial charge on any atom is -0.382 e. The lowest BCUT2D eigenvalue weighted by molar-refractivity contribution is 0.0691. The van der Waals surface area contributed by atoms with Crippen LogP contribution in [0.2, 0.25) is 0 Å². The standard InChI is InChI=1S/C12H23N5O/c1-11(2,18)9-14-10(16-15-9)17-6-4-12(3,8-13)5-7-17/h18H,4-8,13H2,1-3H3,(H,14,15,16). The van der Waals surface area contributed by atoms with E-state index in [9.17, 15) is 5.11 Å². The second kappa shape index (κ2) is 4.51. The third kappa shape index (κ3) is 2.64. The number of nitrogens with two attached hydrogens (primary N) is 1. The molecule has 0 saturated carbocycles. The monoisotopic (exact) mass is 253 g/mol. The highest BCUT2D eigenvalue weighted by Gasteiger charge is 2.31. The van der Waals surface area contributed by atoms with Crippen molar-refractivity contribution in [3.05, 3.63) is 5.82 Å². The number of anilines is 1. The largest absolute Gasteiger partial charge is 0.382 e. The third-order valence-electron chi connectivity index (χ3n) is 3.80. The molecule has 0 spiro atoms. The van der Waals surface area contributed by atoms with Gasteiger partial charge in [-0.25, -0.2) is 0 Å². The van der Waals surface area contributed by atoms with E-state index in [1.807, 2.05) is 0 Å². The lowest BCUT2D eigenvalue weighted by Gasteiger charge is -2.38. The van der Waals surface area contributed by atoms with Crippen LogP contribution in [-0.4, -0.2) is 39.9 Å². The summed E-state index contributed by atoms with van der Waals surface area (Å²) in [6.45, 7) is 8.17. The summed E-state index contributed by atoms with van der Waals surface area (Å²) >= 11 is 0. The van der Waals surface area contributed by atoms with Gasteiger partial charge in [0.15, 0.2) is 5.82 Å². The van der Waals surface area contributed by atoms with Gasteiger partial charge in [-0.05, 0) is 38.6 Å². The van der Waals surface area contributed by atoms with Gasteiger partial charge in [-0.2, -0.15) is 4.98 Å². The van der Waals surface area contributed by atoms with Crippen molar-refractivity contribution < 1.29 is 5.11 Å². The van der Waals surface area contributed by atoms with Crippen LogP contribution in [0.1, 0.15) is 39.4 Å². The maximum Gasteiger partial charge on any atom is 0.244 e. The highest BCUT2D eigenvalue weighted by atomic mass is 16.3. The predicted octanol–water partition coefficient (Wildman–Crippen LogP) is 0.597. The number of rotatable bonds is 3. The highest BCUT2D eigenvalue weighted by Crippen LogP contribution is 2.31. The second-order valence-electron chi connectivity index (χ2n) is 6.04. The second-order valence-corrected chi connectivity index (χ2v) is 6.04. The molecular formula is C12H23N5O. The summed E-state index contributed by atoms with van der Waals surface area (Å²) in [6, 6.07) is 0. The molecule has 0 aromatic carbocycles. The summed E-state index contributed by atoms with van der Waals surface area (Å²) in [5, 5.41) is 16.8. The molecular weight excluding hydrogens is 230 g/mol. The van der Waals surface area contributed by atoms with Gasteiger partial charge in [0.25, 0.3) is 0 Å². The van der Waals surface area contributed by atoms with Gasteiger partial charge < -0.3 is 15.7 Å². The zero-order valence-corrected chi connectivity index (χ0v) is 11.4. The molecule has 1 aromatic heterocycles. The predicted molar refractivity (Wildman–Crippen MR) is 70.2 cm³/mol. The zero-order chi connectivity index (χ0) is 13.4. The molecule has 1 aromatic rings. The average molecular weight is 253 g/mol. The molecule has 102 valence electrons. The number of nitrogens with zero attached hydrogens (tertiary/aromatic N) is 3. The Morgan fingerprint density at radius 2 is 2.06 bits per heavy atom. The van der Waals surface area contributed by atoms with E-state index >= 15 is 0 Å². The van der Waals surface area contributed by atoms with E-state index in [-0.39, 0.29) is 5.41 Å². The Hall–Kier alpha value is -1.14. The molecule has 1 aliphatic heterocycles. The van der Waals surface area contributed by atoms with Gasteiger partial charge in [-0.15, -0.1) is 5.10 Å². The maximum absolute atomic E-state index is 9.85. The van der Waals surface area contributed by atoms with E-state index in [0.717, 1.165) is 32.5 Å². The van der Waals surface area contributed by atoms with Crippen LogP contribution < -0.4 is 10.6 Å². The van der Waals surface area contributed by atoms with Crippen molar-refractivity contribution in [3.63, 3.8) is 0 Å². The van der Waals surface area contributed by atoms with Crippen molar-refractivity contribution in [2.45, 2.75) is 39.2 Å². The fraction of sp³-hybridized carbons (Fsp3) is 0.833. The molecule has 2 rings (SSSR count). The van der Waals surface area contributed by atoms with Crippen LogP contribution in [0.25, 0.3) is 0 Å². The summed E-state index contributed by atoms with van der Waals surface area (Å²) in [5.74, 6) is 1.18. The molecule has 4 N–H and O–H groups in total. The highest BCUT2D eigenvalue weighted by molar-refractivity contribution is 5.30. The Kier molecular flexibility index (Phi) is 3.33. The van der Waals surface area contributed by atoms with Gasteiger partial charge in [0, 0.05) is 13.1 Å². The smallest absolute Gasteiger partial charge is 0.244 e. The first-order valence-corrected chi connectivity index (χ1v) is 6.44. The number of aromatic amines is 1. The van der Waals surface area contributed by atoms with Gasteiger partial charge in [-0.1, -0.05) is 6.92 Å². The minimum atomic E-state index is -0.979. The SMILES string of the molecule is CC1(CN)CCN(c2n[nH]c(C(C)(C)O)n2)CC1. The first-order chi connectivity index (χ1) is 8.34. The summed E-state index contributed by atoms with van der Waals surface area (Å²) in [5.41, 5.74) is 5.06. The molecule has 0 radical (unpaired) electrons. The Balaban J connectivity index is 2.04. The van der Waals surface area contributed by atoms with Crippen molar-refractivity contribution in [3.8, 4) is 0 Å².